The number of anilines is 1. The Morgan fingerprint density at radius 1 is 0.969 bits per heavy atom. The van der Waals surface area contributed by atoms with E-state index in [2.05, 4.69) is 15.2 Å². The minimum absolute atomic E-state index is 0.201. The molecule has 0 spiro atoms. The van der Waals surface area contributed by atoms with Crippen LogP contribution in [0.15, 0.2) is 53.3 Å². The van der Waals surface area contributed by atoms with Gasteiger partial charge in [-0.3, -0.25) is 4.79 Å². The van der Waals surface area contributed by atoms with Crippen LogP contribution in [-0.2, 0) is 6.54 Å². The number of nitrogens with zero attached hydrogens (tertiary/aromatic N) is 2. The summed E-state index contributed by atoms with van der Waals surface area (Å²) in [6.45, 7) is 1.55. The molecule has 0 aliphatic heterocycles. The maximum Gasteiger partial charge on any atom is 0.322 e. The van der Waals surface area contributed by atoms with Crippen molar-refractivity contribution in [1.82, 2.24) is 14.8 Å². The largest absolute Gasteiger partial charge is 0.497 e. The molecule has 2 aromatic carbocycles. The Balaban J connectivity index is 1.81. The lowest BCUT2D eigenvalue weighted by molar-refractivity contribution is 0.205. The van der Waals surface area contributed by atoms with Gasteiger partial charge < -0.3 is 29.6 Å². The molecule has 0 radical (unpaired) electrons. The van der Waals surface area contributed by atoms with Gasteiger partial charge in [0.05, 0.1) is 26.3 Å². The van der Waals surface area contributed by atoms with Crippen molar-refractivity contribution in [2.45, 2.75) is 13.0 Å². The van der Waals surface area contributed by atoms with E-state index in [1.165, 1.54) is 0 Å². The predicted molar refractivity (Wildman–Crippen MR) is 127 cm³/mol. The van der Waals surface area contributed by atoms with Gasteiger partial charge in [-0.05, 0) is 74.9 Å². The number of amides is 2. The molecule has 1 heterocycles. The Labute approximate surface area is 187 Å². The summed E-state index contributed by atoms with van der Waals surface area (Å²) in [5.41, 5.74) is 1.66. The molecule has 1 aromatic heterocycles. The number of fused-ring (bicyclic) bond motifs is 1. The molecule has 0 saturated carbocycles. The van der Waals surface area contributed by atoms with Crippen molar-refractivity contribution in [2.75, 3.05) is 46.7 Å². The number of carbonyl (C=O) groups is 1. The van der Waals surface area contributed by atoms with E-state index in [1.807, 2.05) is 32.3 Å². The van der Waals surface area contributed by atoms with Crippen LogP contribution in [0.5, 0.6) is 11.5 Å². The fraction of sp³-hybridized carbons (Fsp3) is 0.333. The van der Waals surface area contributed by atoms with Crippen molar-refractivity contribution >= 4 is 22.6 Å². The zero-order chi connectivity index (χ0) is 23.1. The molecule has 2 N–H and O–H groups in total. The monoisotopic (exact) mass is 438 g/mol. The highest BCUT2D eigenvalue weighted by Gasteiger charge is 2.17. The van der Waals surface area contributed by atoms with Crippen LogP contribution in [0.25, 0.3) is 10.9 Å². The summed E-state index contributed by atoms with van der Waals surface area (Å²) in [6, 6.07) is 14.2. The molecule has 0 fully saturated rings. The molecule has 3 rings (SSSR count). The third kappa shape index (κ3) is 6.01. The Kier molecular flexibility index (Phi) is 7.72. The fourth-order valence-electron chi connectivity index (χ4n) is 3.38. The highest BCUT2D eigenvalue weighted by Crippen LogP contribution is 2.20. The maximum atomic E-state index is 13.0. The molecule has 0 aliphatic carbocycles. The second kappa shape index (κ2) is 10.7. The number of rotatable bonds is 9. The van der Waals surface area contributed by atoms with E-state index in [1.54, 1.807) is 49.5 Å². The Hall–Kier alpha value is -3.52. The molecule has 2 amide bonds. The smallest absolute Gasteiger partial charge is 0.322 e. The molecule has 0 bridgehead atoms. The summed E-state index contributed by atoms with van der Waals surface area (Å²) >= 11 is 0. The van der Waals surface area contributed by atoms with Crippen LogP contribution in [0.3, 0.4) is 0 Å². The van der Waals surface area contributed by atoms with Gasteiger partial charge in [0.1, 0.15) is 11.5 Å². The maximum absolute atomic E-state index is 13.0. The van der Waals surface area contributed by atoms with Crippen LogP contribution in [0.2, 0.25) is 0 Å². The number of ether oxygens (including phenoxy) is 2. The van der Waals surface area contributed by atoms with Crippen LogP contribution in [0.1, 0.15) is 12.0 Å². The first-order valence-electron chi connectivity index (χ1n) is 10.4. The van der Waals surface area contributed by atoms with E-state index in [9.17, 15) is 9.59 Å². The van der Waals surface area contributed by atoms with Crippen LogP contribution < -0.4 is 20.3 Å². The van der Waals surface area contributed by atoms with E-state index < -0.39 is 0 Å². The fourth-order valence-corrected chi connectivity index (χ4v) is 3.38. The molecular weight excluding hydrogens is 408 g/mol. The van der Waals surface area contributed by atoms with Gasteiger partial charge in [0.15, 0.2) is 0 Å². The lowest BCUT2D eigenvalue weighted by Crippen LogP contribution is -2.37. The van der Waals surface area contributed by atoms with Gasteiger partial charge in [0, 0.05) is 23.9 Å². The van der Waals surface area contributed by atoms with Gasteiger partial charge in [-0.15, -0.1) is 0 Å². The number of hydrogen-bond donors (Lipinski definition) is 2. The Morgan fingerprint density at radius 2 is 1.66 bits per heavy atom. The first kappa shape index (κ1) is 23.1. The first-order chi connectivity index (χ1) is 15.4. The second-order valence-electron chi connectivity index (χ2n) is 7.81. The minimum atomic E-state index is -0.261. The summed E-state index contributed by atoms with van der Waals surface area (Å²) in [4.78, 5) is 32.4. The highest BCUT2D eigenvalue weighted by atomic mass is 16.5. The molecule has 0 saturated heterocycles. The zero-order valence-corrected chi connectivity index (χ0v) is 19.0. The Bertz CT molecular complexity index is 1110. The molecule has 3 aromatic rings. The van der Waals surface area contributed by atoms with E-state index in [-0.39, 0.29) is 18.1 Å². The molecule has 170 valence electrons. The normalized spacial score (nSPS) is 10.9. The number of urea groups is 1. The van der Waals surface area contributed by atoms with Crippen molar-refractivity contribution in [3.63, 3.8) is 0 Å². The zero-order valence-electron chi connectivity index (χ0n) is 19.0. The van der Waals surface area contributed by atoms with E-state index in [4.69, 9.17) is 9.47 Å². The summed E-state index contributed by atoms with van der Waals surface area (Å²) in [5, 5.41) is 3.79. The Morgan fingerprint density at radius 3 is 2.31 bits per heavy atom. The van der Waals surface area contributed by atoms with Crippen LogP contribution in [-0.4, -0.2) is 62.2 Å². The van der Waals surface area contributed by atoms with Crippen molar-refractivity contribution in [3.05, 3.63) is 64.4 Å². The number of H-pyrrole nitrogens is 1. The van der Waals surface area contributed by atoms with Gasteiger partial charge >= 0.3 is 6.03 Å². The molecule has 8 nitrogen and oxygen atoms in total. The summed E-state index contributed by atoms with van der Waals surface area (Å²) in [5.74, 6) is 1.38. The molecule has 8 heteroatoms. The third-order valence-corrected chi connectivity index (χ3v) is 5.15. The standard InChI is InChI=1S/C24H30N4O4/c1-27(2)12-5-13-28(24(30)25-19-7-10-20(31-3)11-8-19)16-18-14-17-6-9-21(32-4)15-22(17)26-23(18)29/h6-11,14-15H,5,12-13,16H2,1-4H3,(H,25,30)(H,26,29). The molecular formula is C24H30N4O4. The minimum Gasteiger partial charge on any atom is -0.497 e. The van der Waals surface area contributed by atoms with E-state index in [0.29, 0.717) is 34.8 Å². The second-order valence-corrected chi connectivity index (χ2v) is 7.81. The molecule has 32 heavy (non-hydrogen) atoms. The molecule has 0 atom stereocenters. The first-order valence-corrected chi connectivity index (χ1v) is 10.4. The number of aromatic nitrogens is 1. The average molecular weight is 439 g/mol. The van der Waals surface area contributed by atoms with E-state index >= 15 is 0 Å². The van der Waals surface area contributed by atoms with E-state index in [0.717, 1.165) is 18.4 Å². The van der Waals surface area contributed by atoms with Crippen molar-refractivity contribution in [2.24, 2.45) is 0 Å². The van der Waals surface area contributed by atoms with Gasteiger partial charge in [-0.25, -0.2) is 4.79 Å². The van der Waals surface area contributed by atoms with Gasteiger partial charge in [0.25, 0.3) is 5.56 Å². The summed E-state index contributed by atoms with van der Waals surface area (Å²) in [6.07, 6.45) is 0.783. The lowest BCUT2D eigenvalue weighted by Gasteiger charge is -2.24. The summed E-state index contributed by atoms with van der Waals surface area (Å²) in [7, 11) is 7.16. The quantitative estimate of drug-likeness (QED) is 0.534. The average Bonchev–Trinajstić information content (AvgIpc) is 2.78. The third-order valence-electron chi connectivity index (χ3n) is 5.15. The number of nitrogens with one attached hydrogen (secondary N) is 2. The molecule has 0 aliphatic rings. The van der Waals surface area contributed by atoms with Crippen LogP contribution >= 0.6 is 0 Å². The SMILES string of the molecule is COc1ccc(NC(=O)N(CCCN(C)C)Cc2cc3ccc(OC)cc3[nH]c2=O)cc1. The van der Waals surface area contributed by atoms with Gasteiger partial charge in [-0.1, -0.05) is 0 Å². The van der Waals surface area contributed by atoms with Gasteiger partial charge in [0.2, 0.25) is 0 Å². The predicted octanol–water partition coefficient (Wildman–Crippen LogP) is 3.53. The van der Waals surface area contributed by atoms with Gasteiger partial charge in [-0.2, -0.15) is 0 Å². The molecule has 0 unspecified atom stereocenters. The number of methoxy groups -OCH3 is 2. The highest BCUT2D eigenvalue weighted by molar-refractivity contribution is 5.89. The van der Waals surface area contributed by atoms with Crippen molar-refractivity contribution < 1.29 is 14.3 Å². The number of benzene rings is 2. The van der Waals surface area contributed by atoms with Crippen molar-refractivity contribution in [1.29, 1.82) is 0 Å². The topological polar surface area (TPSA) is 86.9 Å². The van der Waals surface area contributed by atoms with Crippen LogP contribution in [0, 0.1) is 0 Å². The lowest BCUT2D eigenvalue weighted by atomic mass is 10.1. The number of aromatic amines is 1. The summed E-state index contributed by atoms with van der Waals surface area (Å²) < 4.78 is 10.4. The number of pyridine rings is 1. The van der Waals surface area contributed by atoms with Crippen LogP contribution in [0.4, 0.5) is 10.5 Å². The number of hydrogen-bond acceptors (Lipinski definition) is 5. The van der Waals surface area contributed by atoms with Crippen molar-refractivity contribution in [3.8, 4) is 11.5 Å². The number of carbonyl (C=O) groups excluding carboxylic acids is 1.